The highest BCUT2D eigenvalue weighted by Gasteiger charge is 2.32. The van der Waals surface area contributed by atoms with Crippen LogP contribution in [-0.2, 0) is 5.41 Å². The Morgan fingerprint density at radius 3 is 2.15 bits per heavy atom. The van der Waals surface area contributed by atoms with E-state index in [1.807, 2.05) is 60.0 Å². The quantitative estimate of drug-likeness (QED) is 0.203. The molecule has 0 amide bonds. The maximum absolute atomic E-state index is 6.50. The molecule has 1 atom stereocenters. The maximum Gasteiger partial charge on any atom is 0.0277 e. The van der Waals surface area contributed by atoms with Gasteiger partial charge in [-0.05, 0) is 73.9 Å². The molecule has 1 N–H and O–H groups in total. The number of hydrogen-bond donors (Lipinski definition) is 1. The lowest BCUT2D eigenvalue weighted by Gasteiger charge is -2.32. The molecule has 216 valence electrons. The number of nitrogens with zero attached hydrogens (tertiary/aromatic N) is 1. The summed E-state index contributed by atoms with van der Waals surface area (Å²) in [6, 6.07) is 10.7. The number of rotatable bonds is 7. The second-order valence-corrected chi connectivity index (χ2v) is 10.5. The van der Waals surface area contributed by atoms with Crippen molar-refractivity contribution < 1.29 is 0 Å². The van der Waals surface area contributed by atoms with Gasteiger partial charge < -0.3 is 5.41 Å². The number of aliphatic imine (C=N–C) groups is 1. The molecular formula is C36H56N2S. The lowest BCUT2D eigenvalue weighted by atomic mass is 9.73. The summed E-state index contributed by atoms with van der Waals surface area (Å²) in [5, 5.41) is 8.74. The molecule has 0 radical (unpaired) electrons. The van der Waals surface area contributed by atoms with Crippen LogP contribution in [0.15, 0.2) is 65.0 Å². The molecule has 1 saturated carbocycles. The van der Waals surface area contributed by atoms with Crippen LogP contribution in [0.25, 0.3) is 11.1 Å². The van der Waals surface area contributed by atoms with E-state index in [0.717, 1.165) is 11.5 Å². The van der Waals surface area contributed by atoms with E-state index in [-0.39, 0.29) is 11.3 Å². The van der Waals surface area contributed by atoms with Crippen molar-refractivity contribution in [1.29, 1.82) is 5.41 Å². The highest BCUT2D eigenvalue weighted by atomic mass is 32.1. The number of hydrogen-bond acceptors (Lipinski definition) is 3. The average Bonchev–Trinajstić information content (AvgIpc) is 3.64. The molecule has 2 nitrogen and oxygen atoms in total. The van der Waals surface area contributed by atoms with Crippen molar-refractivity contribution in [1.82, 2.24) is 0 Å². The van der Waals surface area contributed by atoms with Crippen LogP contribution in [0.4, 0.5) is 0 Å². The number of benzene rings is 1. The monoisotopic (exact) mass is 548 g/mol. The van der Waals surface area contributed by atoms with Gasteiger partial charge in [0.1, 0.15) is 0 Å². The van der Waals surface area contributed by atoms with Gasteiger partial charge in [0.25, 0.3) is 0 Å². The van der Waals surface area contributed by atoms with Crippen LogP contribution in [-0.4, -0.2) is 19.0 Å². The van der Waals surface area contributed by atoms with Gasteiger partial charge in [-0.1, -0.05) is 97.9 Å². The zero-order chi connectivity index (χ0) is 30.4. The number of nitrogens with one attached hydrogen (secondary N) is 1. The standard InChI is InChI=1S/C24H27NS.C5H10.C3H7N.2C2H6/c1-7-11-18-12-10-13-20(14-18)21-15-23(26-17-21)24(4,5)22(9-3)19(8-2)16-25-6;1-2-5-3-4-5;1-3(2)4;2*1-2/h8-10,12-17,22H,3H2,1-2,4-6H3;5H,2-4H2,1H3;4H,1-2H3;2*1-2H3/b19-8+,25-16?;;;;. The number of thiophene rings is 1. The van der Waals surface area contributed by atoms with E-state index in [9.17, 15) is 0 Å². The fourth-order valence-corrected chi connectivity index (χ4v) is 4.84. The highest BCUT2D eigenvalue weighted by molar-refractivity contribution is 7.10. The molecule has 1 aliphatic rings. The van der Waals surface area contributed by atoms with Crippen LogP contribution >= 0.6 is 11.3 Å². The zero-order valence-corrected chi connectivity index (χ0v) is 27.9. The second kappa shape index (κ2) is 22.2. The minimum absolute atomic E-state index is 0.0610. The van der Waals surface area contributed by atoms with Gasteiger partial charge in [0.2, 0.25) is 0 Å². The molecule has 1 aliphatic carbocycles. The molecule has 1 aromatic heterocycles. The van der Waals surface area contributed by atoms with Crippen LogP contribution in [0.3, 0.4) is 0 Å². The van der Waals surface area contributed by atoms with E-state index in [1.165, 1.54) is 40.8 Å². The summed E-state index contributed by atoms with van der Waals surface area (Å²) in [6.45, 7) is 26.3. The molecule has 1 heterocycles. The maximum atomic E-state index is 6.50. The lowest BCUT2D eigenvalue weighted by molar-refractivity contribution is 0.446. The largest absolute Gasteiger partial charge is 0.310 e. The molecule has 1 unspecified atom stereocenters. The van der Waals surface area contributed by atoms with E-state index in [2.05, 4.69) is 86.8 Å². The molecular weight excluding hydrogens is 492 g/mol. The predicted molar refractivity (Wildman–Crippen MR) is 182 cm³/mol. The fourth-order valence-electron chi connectivity index (χ4n) is 3.76. The summed E-state index contributed by atoms with van der Waals surface area (Å²) in [6.07, 6.45) is 10.5. The van der Waals surface area contributed by atoms with Crippen LogP contribution < -0.4 is 0 Å². The lowest BCUT2D eigenvalue weighted by Crippen LogP contribution is -2.28. The molecule has 2 aromatic rings. The third-order valence-electron chi connectivity index (χ3n) is 5.96. The minimum atomic E-state index is -0.0610. The Bertz CT molecular complexity index is 1060. The Morgan fingerprint density at radius 2 is 1.74 bits per heavy atom. The van der Waals surface area contributed by atoms with Crippen LogP contribution in [0.5, 0.6) is 0 Å². The van der Waals surface area contributed by atoms with Crippen LogP contribution in [0, 0.1) is 29.1 Å². The van der Waals surface area contributed by atoms with Gasteiger partial charge in [0, 0.05) is 40.7 Å². The zero-order valence-electron chi connectivity index (χ0n) is 27.0. The van der Waals surface area contributed by atoms with Gasteiger partial charge in [-0.2, -0.15) is 0 Å². The van der Waals surface area contributed by atoms with E-state index in [1.54, 1.807) is 25.2 Å². The van der Waals surface area contributed by atoms with Gasteiger partial charge in [-0.3, -0.25) is 4.99 Å². The Morgan fingerprint density at radius 1 is 1.15 bits per heavy atom. The Kier molecular flexibility index (Phi) is 21.8. The Balaban J connectivity index is 0. The second-order valence-electron chi connectivity index (χ2n) is 9.62. The van der Waals surface area contributed by atoms with Crippen molar-refractivity contribution in [3.63, 3.8) is 0 Å². The van der Waals surface area contributed by atoms with Crippen molar-refractivity contribution >= 4 is 23.3 Å². The highest BCUT2D eigenvalue weighted by Crippen LogP contribution is 2.41. The molecule has 0 saturated heterocycles. The van der Waals surface area contributed by atoms with Crippen molar-refractivity contribution in [2.45, 2.75) is 101 Å². The van der Waals surface area contributed by atoms with Crippen molar-refractivity contribution in [2.24, 2.45) is 16.8 Å². The first-order chi connectivity index (χ1) is 18.6. The molecule has 3 heteroatoms. The SMILES string of the molecule is C=CC(/C(C=NC)=C/C)C(C)(C)c1cc(-c2cccc(C#CC)c2)cs1.CC.CC.CC(C)=N.CCC1CC1. The average molecular weight is 549 g/mol. The normalized spacial score (nSPS) is 12.9. The number of allylic oxidation sites excluding steroid dienone is 3. The topological polar surface area (TPSA) is 36.2 Å². The minimum Gasteiger partial charge on any atom is -0.310 e. The summed E-state index contributed by atoms with van der Waals surface area (Å²) in [5.74, 6) is 7.45. The van der Waals surface area contributed by atoms with E-state index < -0.39 is 0 Å². The van der Waals surface area contributed by atoms with Crippen LogP contribution in [0.1, 0.15) is 106 Å². The van der Waals surface area contributed by atoms with Crippen molar-refractivity contribution in [3.8, 4) is 23.0 Å². The molecule has 1 fully saturated rings. The summed E-state index contributed by atoms with van der Waals surface area (Å²) >= 11 is 1.80. The van der Waals surface area contributed by atoms with E-state index in [4.69, 9.17) is 5.41 Å². The first-order valence-corrected chi connectivity index (χ1v) is 15.4. The summed E-state index contributed by atoms with van der Waals surface area (Å²) in [4.78, 5) is 5.55. The van der Waals surface area contributed by atoms with Crippen LogP contribution in [0.2, 0.25) is 0 Å². The van der Waals surface area contributed by atoms with Crippen molar-refractivity contribution in [2.75, 3.05) is 7.05 Å². The first kappa shape index (κ1) is 38.4. The molecule has 0 bridgehead atoms. The van der Waals surface area contributed by atoms with Gasteiger partial charge in [-0.15, -0.1) is 23.8 Å². The molecule has 1 aromatic carbocycles. The van der Waals surface area contributed by atoms with Gasteiger partial charge in [-0.25, -0.2) is 0 Å². The third kappa shape index (κ3) is 14.9. The summed E-state index contributed by atoms with van der Waals surface area (Å²) in [7, 11) is 1.81. The first-order valence-electron chi connectivity index (χ1n) is 14.5. The van der Waals surface area contributed by atoms with Gasteiger partial charge in [0.05, 0.1) is 0 Å². The van der Waals surface area contributed by atoms with Crippen molar-refractivity contribution in [3.05, 3.63) is 70.5 Å². The van der Waals surface area contributed by atoms with Gasteiger partial charge >= 0.3 is 0 Å². The Labute approximate surface area is 246 Å². The van der Waals surface area contributed by atoms with E-state index in [0.29, 0.717) is 5.71 Å². The van der Waals surface area contributed by atoms with Gasteiger partial charge in [0.15, 0.2) is 0 Å². The fraction of sp³-hybridized carbons (Fsp3) is 0.500. The molecule has 39 heavy (non-hydrogen) atoms. The molecule has 0 aliphatic heterocycles. The van der Waals surface area contributed by atoms with E-state index >= 15 is 0 Å². The Hall–Kier alpha value is -2.70. The smallest absolute Gasteiger partial charge is 0.0277 e. The molecule has 0 spiro atoms. The summed E-state index contributed by atoms with van der Waals surface area (Å²) < 4.78 is 0. The predicted octanol–water partition coefficient (Wildman–Crippen LogP) is 11.4. The third-order valence-corrected chi connectivity index (χ3v) is 7.23. The molecule has 3 rings (SSSR count). The summed E-state index contributed by atoms with van der Waals surface area (Å²) in [5.41, 5.74) is 5.31.